The molecule has 1 aliphatic heterocycles. The van der Waals surface area contributed by atoms with E-state index in [2.05, 4.69) is 0 Å². The topological polar surface area (TPSA) is 129 Å². The number of phosphoric acid groups is 1. The van der Waals surface area contributed by atoms with Gasteiger partial charge in [-0.2, -0.15) is 0 Å². The maximum Gasteiger partial charge on any atom is 0.320 e. The molecule has 2 rings (SSSR count). The molecule has 0 bridgehead atoms. The van der Waals surface area contributed by atoms with E-state index in [1.54, 1.807) is 27.7 Å². The molecule has 25 heavy (non-hydrogen) atoms. The zero-order valence-corrected chi connectivity index (χ0v) is 15.4. The number of nitrogens with zero attached hydrogens (tertiary/aromatic N) is 1. The van der Waals surface area contributed by atoms with Gasteiger partial charge in [-0.15, -0.1) is 0 Å². The fraction of sp³-hybridized carbons (Fsp3) is 0.600. The summed E-state index contributed by atoms with van der Waals surface area (Å²) in [5.74, 6) is -0.0747. The lowest BCUT2D eigenvalue weighted by atomic mass is 9.80. The number of quaternary nitrogens is 1. The summed E-state index contributed by atoms with van der Waals surface area (Å²) in [5.41, 5.74) is -1.57. The summed E-state index contributed by atoms with van der Waals surface area (Å²) >= 11 is 0. The average molecular weight is 373 g/mol. The minimum Gasteiger partial charge on any atom is -0.746 e. The predicted octanol–water partition coefficient (Wildman–Crippen LogP) is 1.56. The molecular formula is C15H22N2O7P-. The Balaban J connectivity index is 2.08. The smallest absolute Gasteiger partial charge is 0.320 e. The second-order valence-corrected chi connectivity index (χ2v) is 8.81. The maximum absolute atomic E-state index is 12.4. The molecule has 1 heterocycles. The van der Waals surface area contributed by atoms with Crippen LogP contribution in [0.3, 0.4) is 0 Å². The van der Waals surface area contributed by atoms with Crippen LogP contribution in [0.2, 0.25) is 0 Å². The van der Waals surface area contributed by atoms with Crippen LogP contribution < -0.4 is 14.5 Å². The minimum atomic E-state index is -4.69. The molecule has 1 unspecified atom stereocenters. The second kappa shape index (κ2) is 6.66. The molecule has 0 spiro atoms. The molecule has 1 saturated heterocycles. The van der Waals surface area contributed by atoms with E-state index in [1.165, 1.54) is 12.1 Å². The van der Waals surface area contributed by atoms with Crippen LogP contribution >= 0.6 is 7.82 Å². The third-order valence-electron chi connectivity index (χ3n) is 4.25. The first-order valence-corrected chi connectivity index (χ1v) is 9.27. The Morgan fingerprint density at radius 1 is 1.16 bits per heavy atom. The van der Waals surface area contributed by atoms with Crippen molar-refractivity contribution >= 4 is 13.5 Å². The highest BCUT2D eigenvalue weighted by molar-refractivity contribution is 7.46. The van der Waals surface area contributed by atoms with Gasteiger partial charge in [-0.1, -0.05) is 0 Å². The molecule has 1 N–H and O–H groups in total. The number of hydrogen-bond acceptors (Lipinski definition) is 7. The van der Waals surface area contributed by atoms with Gasteiger partial charge in [0.15, 0.2) is 0 Å². The van der Waals surface area contributed by atoms with Crippen LogP contribution in [0.15, 0.2) is 24.3 Å². The molecule has 0 saturated carbocycles. The fourth-order valence-electron chi connectivity index (χ4n) is 3.35. The van der Waals surface area contributed by atoms with Crippen molar-refractivity contribution in [1.82, 2.24) is 0 Å². The Kier molecular flexibility index (Phi) is 5.28. The van der Waals surface area contributed by atoms with Crippen LogP contribution in [-0.2, 0) is 9.09 Å². The number of phosphoric ester groups is 1. The lowest BCUT2D eigenvalue weighted by molar-refractivity contribution is -0.956. The molecule has 1 fully saturated rings. The van der Waals surface area contributed by atoms with Crippen LogP contribution in [0.1, 0.15) is 40.5 Å². The molecule has 0 amide bonds. The van der Waals surface area contributed by atoms with Crippen molar-refractivity contribution in [3.63, 3.8) is 0 Å². The number of nitro groups is 1. The minimum absolute atomic E-state index is 0.0665. The summed E-state index contributed by atoms with van der Waals surface area (Å²) < 4.78 is 22.2. The summed E-state index contributed by atoms with van der Waals surface area (Å²) in [5, 5.41) is 23.0. The molecule has 0 aliphatic carbocycles. The Bertz CT molecular complexity index is 672. The van der Waals surface area contributed by atoms with Gasteiger partial charge in [0, 0.05) is 25.0 Å². The Hall–Kier alpha value is -1.51. The standard InChI is InChI=1S/C15H23N2O7P/c1-14(2)9-13(10-15(3,4)17(14)20)24-25(21,22)23-12-7-5-11(6-8-12)16(18)19/h5-8,13,17H,9-10H2,1-4H3,(H,21,22)/p-1. The van der Waals surface area contributed by atoms with Crippen LogP contribution in [0, 0.1) is 15.3 Å². The van der Waals surface area contributed by atoms with Crippen LogP contribution in [-0.4, -0.2) is 22.1 Å². The molecule has 140 valence electrons. The maximum atomic E-state index is 12.4. The third-order valence-corrected chi connectivity index (χ3v) is 5.24. The first kappa shape index (κ1) is 19.8. The summed E-state index contributed by atoms with van der Waals surface area (Å²) in [4.78, 5) is 22.2. The van der Waals surface area contributed by atoms with Crippen molar-refractivity contribution in [3.8, 4) is 5.75 Å². The monoisotopic (exact) mass is 373 g/mol. The van der Waals surface area contributed by atoms with E-state index in [9.17, 15) is 24.8 Å². The fourth-order valence-corrected chi connectivity index (χ4v) is 4.29. The van der Waals surface area contributed by atoms with Crippen LogP contribution in [0.25, 0.3) is 0 Å². The quantitative estimate of drug-likeness (QED) is 0.359. The number of rotatable bonds is 5. The molecule has 9 nitrogen and oxygen atoms in total. The van der Waals surface area contributed by atoms with Crippen molar-refractivity contribution in [2.45, 2.75) is 57.7 Å². The molecule has 0 aromatic heterocycles. The summed E-state index contributed by atoms with van der Waals surface area (Å²) in [7, 11) is -4.69. The van der Waals surface area contributed by atoms with E-state index >= 15 is 0 Å². The second-order valence-electron chi connectivity index (χ2n) is 7.52. The van der Waals surface area contributed by atoms with E-state index in [-0.39, 0.29) is 29.3 Å². The summed E-state index contributed by atoms with van der Waals surface area (Å²) in [6, 6.07) is 4.65. The van der Waals surface area contributed by atoms with Gasteiger partial charge >= 0.3 is 7.82 Å². The van der Waals surface area contributed by atoms with Crippen molar-refractivity contribution < 1.29 is 28.5 Å². The van der Waals surface area contributed by atoms with E-state index in [0.29, 0.717) is 0 Å². The first-order valence-electron chi connectivity index (χ1n) is 7.81. The molecular weight excluding hydrogens is 351 g/mol. The summed E-state index contributed by atoms with van der Waals surface area (Å²) in [6.45, 7) is 7.05. The Morgan fingerprint density at radius 3 is 2.08 bits per heavy atom. The van der Waals surface area contributed by atoms with Crippen molar-refractivity contribution in [1.29, 1.82) is 0 Å². The number of piperidine rings is 1. The molecule has 1 atom stereocenters. The lowest BCUT2D eigenvalue weighted by Crippen LogP contribution is -3.23. The zero-order chi connectivity index (χ0) is 19.0. The molecule has 1 aromatic carbocycles. The van der Waals surface area contributed by atoms with Gasteiger partial charge in [-0.3, -0.25) is 14.7 Å². The normalized spacial score (nSPS) is 27.3. The van der Waals surface area contributed by atoms with Gasteiger partial charge in [0.1, 0.15) is 5.75 Å². The van der Waals surface area contributed by atoms with E-state index in [1.807, 2.05) is 0 Å². The largest absolute Gasteiger partial charge is 0.746 e. The van der Waals surface area contributed by atoms with Gasteiger partial charge in [-0.25, -0.2) is 0 Å². The van der Waals surface area contributed by atoms with Crippen LogP contribution in [0.4, 0.5) is 5.69 Å². The van der Waals surface area contributed by atoms with E-state index in [4.69, 9.17) is 9.05 Å². The number of hydrogen-bond donors (Lipinski definition) is 1. The van der Waals surface area contributed by atoms with Crippen molar-refractivity contribution in [2.75, 3.05) is 0 Å². The number of nitrogens with one attached hydrogen (secondary N) is 1. The summed E-state index contributed by atoms with van der Waals surface area (Å²) in [6.07, 6.45) is -0.139. The first-order chi connectivity index (χ1) is 11.3. The van der Waals surface area contributed by atoms with Gasteiger partial charge in [0.05, 0.1) is 22.1 Å². The molecule has 10 heteroatoms. The van der Waals surface area contributed by atoms with Gasteiger partial charge in [-0.05, 0) is 39.8 Å². The van der Waals surface area contributed by atoms with Gasteiger partial charge < -0.3 is 24.2 Å². The highest BCUT2D eigenvalue weighted by Crippen LogP contribution is 2.44. The Morgan fingerprint density at radius 2 is 1.64 bits per heavy atom. The lowest BCUT2D eigenvalue weighted by Gasteiger charge is -2.54. The number of hydroxylamine groups is 2. The Labute approximate surface area is 145 Å². The van der Waals surface area contributed by atoms with Crippen LogP contribution in [0.5, 0.6) is 5.75 Å². The SMILES string of the molecule is CC1(C)CC(OP(=O)([O-])Oc2ccc([N+](=O)[O-])cc2)CC(C)(C)[NH+]1[O-]. The van der Waals surface area contributed by atoms with Crippen molar-refractivity contribution in [2.24, 2.45) is 0 Å². The number of benzene rings is 1. The van der Waals surface area contributed by atoms with Gasteiger partial charge in [0.25, 0.3) is 5.69 Å². The zero-order valence-electron chi connectivity index (χ0n) is 14.6. The highest BCUT2D eigenvalue weighted by Gasteiger charge is 2.46. The molecule has 0 radical (unpaired) electrons. The highest BCUT2D eigenvalue weighted by atomic mass is 31.2. The number of non-ortho nitro benzene ring substituents is 1. The van der Waals surface area contributed by atoms with Gasteiger partial charge in [0.2, 0.25) is 0 Å². The molecule has 1 aliphatic rings. The number of nitro benzene ring substituents is 1. The molecule has 1 aromatic rings. The van der Waals surface area contributed by atoms with E-state index < -0.39 is 29.9 Å². The average Bonchev–Trinajstić information content (AvgIpc) is 2.43. The van der Waals surface area contributed by atoms with Crippen molar-refractivity contribution in [3.05, 3.63) is 39.6 Å². The predicted molar refractivity (Wildman–Crippen MR) is 87.9 cm³/mol. The third kappa shape index (κ3) is 4.77. The van der Waals surface area contributed by atoms with E-state index in [0.717, 1.165) is 12.1 Å².